The monoisotopic (exact) mass is 234 g/mol. The maximum Gasteiger partial charge on any atom is 0.273 e. The number of amides is 1. The Kier molecular flexibility index (Phi) is 2.75. The lowest BCUT2D eigenvalue weighted by Crippen LogP contribution is -2.40. The summed E-state index contributed by atoms with van der Waals surface area (Å²) < 4.78 is 10.2. The van der Waals surface area contributed by atoms with Crippen molar-refractivity contribution in [3.8, 4) is 11.5 Å². The second-order valence-electron chi connectivity index (χ2n) is 4.76. The molecule has 2 aromatic rings. The molecule has 2 rings (SSSR count). The topological polar surface area (TPSA) is 68.3 Å². The summed E-state index contributed by atoms with van der Waals surface area (Å²) in [5, 5.41) is 6.51. The lowest BCUT2D eigenvalue weighted by molar-refractivity contribution is 0.0910. The van der Waals surface area contributed by atoms with Gasteiger partial charge in [-0.2, -0.15) is 0 Å². The molecule has 5 nitrogen and oxygen atoms in total. The van der Waals surface area contributed by atoms with E-state index < -0.39 is 0 Å². The first kappa shape index (κ1) is 11.4. The second kappa shape index (κ2) is 4.08. The maximum absolute atomic E-state index is 11.8. The number of nitrogens with one attached hydrogen (secondary N) is 1. The van der Waals surface area contributed by atoms with Crippen LogP contribution in [0.25, 0.3) is 11.5 Å². The first-order chi connectivity index (χ1) is 7.96. The van der Waals surface area contributed by atoms with E-state index in [-0.39, 0.29) is 17.1 Å². The zero-order valence-corrected chi connectivity index (χ0v) is 9.98. The molecule has 0 aliphatic carbocycles. The number of hydrogen-bond acceptors (Lipinski definition) is 4. The van der Waals surface area contributed by atoms with Crippen LogP contribution in [0.1, 0.15) is 31.3 Å². The van der Waals surface area contributed by atoms with E-state index in [1.54, 1.807) is 18.2 Å². The van der Waals surface area contributed by atoms with Crippen molar-refractivity contribution in [2.75, 3.05) is 0 Å². The molecule has 17 heavy (non-hydrogen) atoms. The smallest absolute Gasteiger partial charge is 0.273 e. The average molecular weight is 234 g/mol. The number of hydrogen-bond donors (Lipinski definition) is 1. The highest BCUT2D eigenvalue weighted by Crippen LogP contribution is 2.20. The molecule has 90 valence electrons. The van der Waals surface area contributed by atoms with Crippen LogP contribution in [0.15, 0.2) is 33.4 Å². The SMILES string of the molecule is CC(C)(C)NC(=O)c1cc(-c2ccco2)on1. The predicted molar refractivity (Wildman–Crippen MR) is 61.4 cm³/mol. The Balaban J connectivity index is 2.16. The Bertz CT molecular complexity index is 506. The number of furan rings is 1. The quantitative estimate of drug-likeness (QED) is 0.866. The minimum Gasteiger partial charge on any atom is -0.461 e. The fraction of sp³-hybridized carbons (Fsp3) is 0.333. The van der Waals surface area contributed by atoms with Crippen LogP contribution in [0, 0.1) is 0 Å². The van der Waals surface area contributed by atoms with E-state index in [2.05, 4.69) is 10.5 Å². The molecule has 1 N–H and O–H groups in total. The van der Waals surface area contributed by atoms with E-state index in [1.165, 1.54) is 6.26 Å². The third-order valence-corrected chi connectivity index (χ3v) is 2.00. The molecule has 1 amide bonds. The largest absolute Gasteiger partial charge is 0.461 e. The molecule has 0 radical (unpaired) electrons. The van der Waals surface area contributed by atoms with Crippen molar-refractivity contribution in [2.24, 2.45) is 0 Å². The van der Waals surface area contributed by atoms with Crippen molar-refractivity contribution in [3.63, 3.8) is 0 Å². The van der Waals surface area contributed by atoms with Gasteiger partial charge in [0.2, 0.25) is 5.76 Å². The molecule has 0 saturated heterocycles. The molecule has 0 unspecified atom stereocenters. The van der Waals surface area contributed by atoms with Gasteiger partial charge in [-0.15, -0.1) is 0 Å². The van der Waals surface area contributed by atoms with E-state index in [9.17, 15) is 4.79 Å². The van der Waals surface area contributed by atoms with Gasteiger partial charge in [0.25, 0.3) is 5.91 Å². The summed E-state index contributed by atoms with van der Waals surface area (Å²) in [4.78, 5) is 11.8. The van der Waals surface area contributed by atoms with E-state index in [4.69, 9.17) is 8.94 Å². The van der Waals surface area contributed by atoms with Crippen molar-refractivity contribution in [2.45, 2.75) is 26.3 Å². The predicted octanol–water partition coefficient (Wildman–Crippen LogP) is 2.46. The molecule has 0 fully saturated rings. The third-order valence-electron chi connectivity index (χ3n) is 2.00. The van der Waals surface area contributed by atoms with E-state index >= 15 is 0 Å². The van der Waals surface area contributed by atoms with E-state index in [0.29, 0.717) is 11.5 Å². The van der Waals surface area contributed by atoms with Crippen LogP contribution in [-0.2, 0) is 0 Å². The van der Waals surface area contributed by atoms with Gasteiger partial charge >= 0.3 is 0 Å². The van der Waals surface area contributed by atoms with Crippen molar-refractivity contribution >= 4 is 5.91 Å². The van der Waals surface area contributed by atoms with E-state index in [0.717, 1.165) is 0 Å². The summed E-state index contributed by atoms with van der Waals surface area (Å²) in [7, 11) is 0. The zero-order chi connectivity index (χ0) is 12.5. The zero-order valence-electron chi connectivity index (χ0n) is 9.98. The molecular formula is C12H14N2O3. The summed E-state index contributed by atoms with van der Waals surface area (Å²) in [6.45, 7) is 5.70. The lowest BCUT2D eigenvalue weighted by Gasteiger charge is -2.19. The van der Waals surface area contributed by atoms with E-state index in [1.807, 2.05) is 20.8 Å². The summed E-state index contributed by atoms with van der Waals surface area (Å²) in [5.74, 6) is 0.723. The van der Waals surface area contributed by atoms with Gasteiger partial charge in [-0.3, -0.25) is 4.79 Å². The molecule has 5 heteroatoms. The molecule has 0 aromatic carbocycles. The van der Waals surface area contributed by atoms with Crippen LogP contribution in [-0.4, -0.2) is 16.6 Å². The minimum absolute atomic E-state index is 0.242. The summed E-state index contributed by atoms with van der Waals surface area (Å²) in [5.41, 5.74) is -0.0627. The standard InChI is InChI=1S/C12H14N2O3/c1-12(2,3)13-11(15)8-7-10(17-14-8)9-5-4-6-16-9/h4-7H,1-3H3,(H,13,15). The van der Waals surface area contributed by atoms with Gasteiger partial charge in [-0.25, -0.2) is 0 Å². The summed E-state index contributed by atoms with van der Waals surface area (Å²) >= 11 is 0. The first-order valence-electron chi connectivity index (χ1n) is 5.29. The number of rotatable bonds is 2. The van der Waals surface area contributed by atoms with Crippen molar-refractivity contribution in [1.82, 2.24) is 10.5 Å². The molecule has 0 atom stereocenters. The minimum atomic E-state index is -0.305. The van der Waals surface area contributed by atoms with Crippen molar-refractivity contribution in [3.05, 3.63) is 30.2 Å². The maximum atomic E-state index is 11.8. The molecule has 0 saturated carbocycles. The molecule has 2 aromatic heterocycles. The Morgan fingerprint density at radius 3 is 2.71 bits per heavy atom. The fourth-order valence-corrected chi connectivity index (χ4v) is 1.32. The number of aromatic nitrogens is 1. The van der Waals surface area contributed by atoms with Crippen LogP contribution in [0.3, 0.4) is 0 Å². The normalized spacial score (nSPS) is 11.5. The Hall–Kier alpha value is -2.04. The molecule has 0 aliphatic rings. The molecule has 2 heterocycles. The van der Waals surface area contributed by atoms with Gasteiger partial charge in [-0.1, -0.05) is 5.16 Å². The van der Waals surface area contributed by atoms with Crippen molar-refractivity contribution < 1.29 is 13.7 Å². The summed E-state index contributed by atoms with van der Waals surface area (Å²) in [6.07, 6.45) is 1.53. The fourth-order valence-electron chi connectivity index (χ4n) is 1.32. The van der Waals surface area contributed by atoms with Gasteiger partial charge in [-0.05, 0) is 32.9 Å². The van der Waals surface area contributed by atoms with Crippen LogP contribution < -0.4 is 5.32 Å². The van der Waals surface area contributed by atoms with Crippen LogP contribution >= 0.6 is 0 Å². The highest BCUT2D eigenvalue weighted by atomic mass is 16.5. The molecule has 0 bridgehead atoms. The molecular weight excluding hydrogens is 220 g/mol. The Morgan fingerprint density at radius 2 is 2.12 bits per heavy atom. The number of carbonyl (C=O) groups excluding carboxylic acids is 1. The second-order valence-corrected chi connectivity index (χ2v) is 4.76. The first-order valence-corrected chi connectivity index (χ1v) is 5.29. The van der Waals surface area contributed by atoms with Gasteiger partial charge in [0, 0.05) is 11.6 Å². The van der Waals surface area contributed by atoms with Gasteiger partial charge < -0.3 is 14.3 Å². The Labute approximate surface area is 98.8 Å². The average Bonchev–Trinajstić information content (AvgIpc) is 2.86. The molecule has 0 spiro atoms. The Morgan fingerprint density at radius 1 is 1.35 bits per heavy atom. The highest BCUT2D eigenvalue weighted by Gasteiger charge is 2.19. The lowest BCUT2D eigenvalue weighted by atomic mass is 10.1. The molecule has 0 aliphatic heterocycles. The number of carbonyl (C=O) groups is 1. The summed E-state index contributed by atoms with van der Waals surface area (Å²) in [6, 6.07) is 5.04. The van der Waals surface area contributed by atoms with Gasteiger partial charge in [0.15, 0.2) is 11.5 Å². The van der Waals surface area contributed by atoms with Gasteiger partial charge in [0.05, 0.1) is 6.26 Å². The third kappa shape index (κ3) is 2.75. The highest BCUT2D eigenvalue weighted by molar-refractivity contribution is 5.93. The van der Waals surface area contributed by atoms with Crippen LogP contribution in [0.2, 0.25) is 0 Å². The van der Waals surface area contributed by atoms with Crippen molar-refractivity contribution in [1.29, 1.82) is 0 Å². The van der Waals surface area contributed by atoms with Crippen LogP contribution in [0.5, 0.6) is 0 Å². The van der Waals surface area contributed by atoms with Gasteiger partial charge in [0.1, 0.15) is 0 Å². The number of nitrogens with zero attached hydrogens (tertiary/aromatic N) is 1. The van der Waals surface area contributed by atoms with Crippen LogP contribution in [0.4, 0.5) is 0 Å².